The second-order valence-electron chi connectivity index (χ2n) is 7.98. The van der Waals surface area contributed by atoms with Crippen LogP contribution in [0.25, 0.3) is 0 Å². The van der Waals surface area contributed by atoms with Crippen molar-refractivity contribution in [3.63, 3.8) is 0 Å². The van der Waals surface area contributed by atoms with Crippen molar-refractivity contribution in [1.82, 2.24) is 13.9 Å². The third-order valence-corrected chi connectivity index (χ3v) is 8.21. The topological polar surface area (TPSA) is 156 Å². The summed E-state index contributed by atoms with van der Waals surface area (Å²) in [6.07, 6.45) is 3.43. The minimum atomic E-state index is -3.82. The highest BCUT2D eigenvalue weighted by Crippen LogP contribution is 2.37. The molecule has 0 aromatic heterocycles. The normalized spacial score (nSPS) is 30.3. The number of nitrogens with two attached hydrogens (primary N) is 1. The summed E-state index contributed by atoms with van der Waals surface area (Å²) in [6, 6.07) is -0.122. The molecule has 0 aromatic carbocycles. The summed E-state index contributed by atoms with van der Waals surface area (Å²) in [5.41, 5.74) is 4.46. The molecule has 27 heavy (non-hydrogen) atoms. The first kappa shape index (κ1) is 21.0. The van der Waals surface area contributed by atoms with Crippen LogP contribution in [-0.2, 0) is 15.0 Å². The minimum Gasteiger partial charge on any atom is -0.480 e. The number of hydrogen-bond acceptors (Lipinski definition) is 7. The minimum absolute atomic E-state index is 0.0253. The highest BCUT2D eigenvalue weighted by molar-refractivity contribution is 7.86. The molecule has 1 aliphatic carbocycles. The highest BCUT2D eigenvalue weighted by atomic mass is 32.2. The van der Waals surface area contributed by atoms with Gasteiger partial charge in [0.15, 0.2) is 0 Å². The summed E-state index contributed by atoms with van der Waals surface area (Å²) in [5, 5.41) is 30.7. The summed E-state index contributed by atoms with van der Waals surface area (Å²) < 4.78 is 29.5. The number of hydrogen-bond donors (Lipinski definition) is 5. The molecule has 10 nitrogen and oxygen atoms in total. The molecule has 0 unspecified atom stereocenters. The molecule has 12 heteroatoms. The molecule has 0 aromatic rings. The molecule has 0 radical (unpaired) electrons. The number of carboxylic acid groups (broad SMARTS) is 1. The monoisotopic (exact) mass is 404 g/mol. The summed E-state index contributed by atoms with van der Waals surface area (Å²) in [5.74, 6) is -1.80. The average molecular weight is 404 g/mol. The van der Waals surface area contributed by atoms with Gasteiger partial charge in [-0.1, -0.05) is 12.8 Å². The summed E-state index contributed by atoms with van der Waals surface area (Å²) in [7, 11) is -5.28. The Hall–Kier alpha value is -0.755. The maximum atomic E-state index is 13.3. The van der Waals surface area contributed by atoms with Gasteiger partial charge in [-0.05, 0) is 25.6 Å². The van der Waals surface area contributed by atoms with Crippen molar-refractivity contribution < 1.29 is 28.4 Å². The van der Waals surface area contributed by atoms with Gasteiger partial charge in [-0.2, -0.15) is 17.0 Å². The molecule has 2 saturated heterocycles. The van der Waals surface area contributed by atoms with Crippen LogP contribution in [-0.4, -0.2) is 89.1 Å². The van der Waals surface area contributed by atoms with Crippen molar-refractivity contribution in [2.75, 3.05) is 26.2 Å². The van der Waals surface area contributed by atoms with Crippen molar-refractivity contribution in [2.45, 2.75) is 56.0 Å². The Balaban J connectivity index is 1.77. The Kier molecular flexibility index (Phi) is 6.16. The fourth-order valence-corrected chi connectivity index (χ4v) is 6.24. The van der Waals surface area contributed by atoms with Gasteiger partial charge in [0.2, 0.25) is 0 Å². The molecule has 3 aliphatic rings. The Morgan fingerprint density at radius 2 is 1.96 bits per heavy atom. The molecule has 0 bridgehead atoms. The van der Waals surface area contributed by atoms with Crippen molar-refractivity contribution in [3.05, 3.63) is 0 Å². The largest absolute Gasteiger partial charge is 0.480 e. The molecular weight excluding hydrogens is 375 g/mol. The number of rotatable bonds is 9. The van der Waals surface area contributed by atoms with Crippen molar-refractivity contribution in [3.8, 4) is 0 Å². The van der Waals surface area contributed by atoms with Crippen LogP contribution in [0, 0.1) is 5.92 Å². The molecule has 0 spiro atoms. The fraction of sp³-hybridized carbons (Fsp3) is 0.933. The number of aliphatic carboxylic acids is 1. The van der Waals surface area contributed by atoms with E-state index in [1.54, 1.807) is 4.31 Å². The Labute approximate surface area is 160 Å². The van der Waals surface area contributed by atoms with Gasteiger partial charge in [0, 0.05) is 38.1 Å². The average Bonchev–Trinajstić information content (AvgIpc) is 2.82. The van der Waals surface area contributed by atoms with Gasteiger partial charge in [-0.15, -0.1) is 0 Å². The van der Waals surface area contributed by atoms with E-state index >= 15 is 0 Å². The van der Waals surface area contributed by atoms with E-state index in [0.29, 0.717) is 25.9 Å². The molecule has 154 valence electrons. The van der Waals surface area contributed by atoms with Gasteiger partial charge < -0.3 is 26.2 Å². The Bertz CT molecular complexity index is 643. The number of nitrogens with one attached hydrogen (secondary N) is 1. The molecule has 6 N–H and O–H groups in total. The lowest BCUT2D eigenvalue weighted by Gasteiger charge is -2.46. The van der Waals surface area contributed by atoms with Gasteiger partial charge in [-0.3, -0.25) is 4.79 Å². The van der Waals surface area contributed by atoms with Crippen LogP contribution < -0.4 is 11.1 Å². The summed E-state index contributed by atoms with van der Waals surface area (Å²) >= 11 is 0. The first-order chi connectivity index (χ1) is 12.7. The van der Waals surface area contributed by atoms with Crippen LogP contribution in [0.4, 0.5) is 0 Å². The van der Waals surface area contributed by atoms with E-state index in [-0.39, 0.29) is 31.5 Å². The zero-order valence-electron chi connectivity index (χ0n) is 15.3. The van der Waals surface area contributed by atoms with E-state index in [0.717, 1.165) is 19.3 Å². The molecule has 3 fully saturated rings. The number of carbonyl (C=O) groups is 1. The third-order valence-electron chi connectivity index (χ3n) is 6.15. The predicted octanol–water partition coefficient (Wildman–Crippen LogP) is -1.98. The van der Waals surface area contributed by atoms with Gasteiger partial charge in [0.25, 0.3) is 10.2 Å². The van der Waals surface area contributed by atoms with Gasteiger partial charge in [-0.25, -0.2) is 0 Å². The summed E-state index contributed by atoms with van der Waals surface area (Å²) in [4.78, 5) is 11.8. The Morgan fingerprint density at radius 3 is 2.41 bits per heavy atom. The van der Waals surface area contributed by atoms with Gasteiger partial charge in [0.05, 0.1) is 6.04 Å². The van der Waals surface area contributed by atoms with Crippen LogP contribution in [0.1, 0.15) is 32.1 Å². The lowest BCUT2D eigenvalue weighted by atomic mass is 9.78. The third kappa shape index (κ3) is 4.02. The van der Waals surface area contributed by atoms with Crippen LogP contribution in [0.5, 0.6) is 0 Å². The zero-order valence-corrected chi connectivity index (χ0v) is 16.1. The van der Waals surface area contributed by atoms with E-state index in [9.17, 15) is 18.3 Å². The second-order valence-corrected chi connectivity index (χ2v) is 9.81. The van der Waals surface area contributed by atoms with Crippen LogP contribution in [0.3, 0.4) is 0 Å². The second kappa shape index (κ2) is 7.93. The van der Waals surface area contributed by atoms with E-state index in [1.165, 1.54) is 4.31 Å². The number of nitrogens with zero attached hydrogens (tertiary/aromatic N) is 2. The predicted molar refractivity (Wildman–Crippen MR) is 98.9 cm³/mol. The summed E-state index contributed by atoms with van der Waals surface area (Å²) in [6.45, 7) is 0.985. The number of carboxylic acids is 1. The maximum absolute atomic E-state index is 13.3. The van der Waals surface area contributed by atoms with Crippen LogP contribution in [0.15, 0.2) is 0 Å². The first-order valence-corrected chi connectivity index (χ1v) is 10.9. The lowest BCUT2D eigenvalue weighted by Crippen LogP contribution is -2.65. The molecule has 2 aliphatic heterocycles. The molecule has 0 amide bonds. The fourth-order valence-electron chi connectivity index (χ4n) is 4.11. The van der Waals surface area contributed by atoms with E-state index in [2.05, 4.69) is 5.32 Å². The van der Waals surface area contributed by atoms with Crippen molar-refractivity contribution in [2.24, 2.45) is 11.7 Å². The lowest BCUT2D eigenvalue weighted by molar-refractivity contribution is -0.144. The smallest absolute Gasteiger partial charge is 0.451 e. The Morgan fingerprint density at radius 1 is 1.30 bits per heavy atom. The van der Waals surface area contributed by atoms with E-state index < -0.39 is 34.8 Å². The highest BCUT2D eigenvalue weighted by Gasteiger charge is 2.55. The SMILES string of the molecule is N[C@@]1(C(=O)O)CN(S(=O)(=O)N(C2CCC2)C2CNC2)C[C@@H]1CCCB(O)O. The maximum Gasteiger partial charge on any atom is 0.451 e. The first-order valence-electron chi connectivity index (χ1n) is 9.54. The molecular formula is C15H29BN4O6S. The standard InChI is InChI=1S/C15H29BN4O6S/c17-15(14(21)22)10-19(9-11(15)3-2-6-16(23)24)27(25,26)20(12-4-1-5-12)13-7-18-8-13/h11-13,18,23-24H,1-10,17H2,(H,21,22)/t11-,15-/m0/s1. The molecule has 2 heterocycles. The molecule has 1 saturated carbocycles. The van der Waals surface area contributed by atoms with E-state index in [1.807, 2.05) is 0 Å². The van der Waals surface area contributed by atoms with Crippen molar-refractivity contribution in [1.29, 1.82) is 0 Å². The molecule has 2 atom stereocenters. The quantitative estimate of drug-likeness (QED) is 0.277. The molecule has 3 rings (SSSR count). The van der Waals surface area contributed by atoms with Crippen molar-refractivity contribution >= 4 is 23.3 Å². The van der Waals surface area contributed by atoms with E-state index in [4.69, 9.17) is 15.8 Å². The van der Waals surface area contributed by atoms with Crippen LogP contribution in [0.2, 0.25) is 6.32 Å². The van der Waals surface area contributed by atoms with Gasteiger partial charge in [0.1, 0.15) is 5.54 Å². The zero-order chi connectivity index (χ0) is 19.8. The van der Waals surface area contributed by atoms with Crippen LogP contribution >= 0.6 is 0 Å². The van der Waals surface area contributed by atoms with Gasteiger partial charge >= 0.3 is 13.1 Å².